The summed E-state index contributed by atoms with van der Waals surface area (Å²) in [5.74, 6) is -2.15. The number of nitrogens with two attached hydrogens (primary N) is 1. The molecule has 0 saturated carbocycles. The first-order chi connectivity index (χ1) is 8.09. The summed E-state index contributed by atoms with van der Waals surface area (Å²) in [6.45, 7) is 0.548. The van der Waals surface area contributed by atoms with Gasteiger partial charge in [-0.25, -0.2) is 8.78 Å². The Hall–Kier alpha value is -1.33. The van der Waals surface area contributed by atoms with E-state index in [9.17, 15) is 13.6 Å². The summed E-state index contributed by atoms with van der Waals surface area (Å²) < 4.78 is 31.7. The Balaban J connectivity index is 2.13. The van der Waals surface area contributed by atoms with Gasteiger partial charge in [-0.2, -0.15) is 0 Å². The molecule has 3 nitrogen and oxygen atoms in total. The minimum atomic E-state index is -0.703. The molecule has 0 bridgehead atoms. The van der Waals surface area contributed by atoms with Crippen LogP contribution in [0.2, 0.25) is 0 Å². The molecule has 0 radical (unpaired) electrons. The summed E-state index contributed by atoms with van der Waals surface area (Å²) >= 11 is 0. The third-order valence-corrected chi connectivity index (χ3v) is 2.95. The molecule has 1 fully saturated rings. The predicted molar refractivity (Wildman–Crippen MR) is 57.4 cm³/mol. The van der Waals surface area contributed by atoms with E-state index in [2.05, 4.69) is 0 Å². The van der Waals surface area contributed by atoms with E-state index in [1.165, 1.54) is 6.07 Å². The smallest absolute Gasteiger partial charge is 0.144 e. The van der Waals surface area contributed by atoms with Crippen molar-refractivity contribution in [3.8, 4) is 0 Å². The highest BCUT2D eigenvalue weighted by Crippen LogP contribution is 2.18. The van der Waals surface area contributed by atoms with Crippen LogP contribution in [0.3, 0.4) is 0 Å². The van der Waals surface area contributed by atoms with Gasteiger partial charge in [0.05, 0.1) is 19.1 Å². The molecule has 92 valence electrons. The predicted octanol–water partition coefficient (Wildman–Crippen LogP) is 1.05. The third-order valence-electron chi connectivity index (χ3n) is 2.95. The second-order valence-electron chi connectivity index (χ2n) is 4.15. The highest BCUT2D eigenvalue weighted by Gasteiger charge is 2.31. The van der Waals surface area contributed by atoms with Crippen molar-refractivity contribution < 1.29 is 18.3 Å². The van der Waals surface area contributed by atoms with Crippen LogP contribution < -0.4 is 5.73 Å². The Morgan fingerprint density at radius 2 is 2.00 bits per heavy atom. The summed E-state index contributed by atoms with van der Waals surface area (Å²) in [6.07, 6.45) is -0.278. The Morgan fingerprint density at radius 1 is 1.35 bits per heavy atom. The number of benzene rings is 1. The van der Waals surface area contributed by atoms with E-state index in [-0.39, 0.29) is 30.4 Å². The van der Waals surface area contributed by atoms with Gasteiger partial charge in [0.2, 0.25) is 0 Å². The molecule has 0 aromatic heterocycles. The molecule has 1 aliphatic heterocycles. The zero-order chi connectivity index (χ0) is 12.4. The largest absolute Gasteiger partial charge is 0.379 e. The van der Waals surface area contributed by atoms with Crippen LogP contribution in [-0.4, -0.2) is 25.0 Å². The molecule has 0 aliphatic carbocycles. The fourth-order valence-corrected chi connectivity index (χ4v) is 1.91. The molecule has 0 spiro atoms. The van der Waals surface area contributed by atoms with Gasteiger partial charge in [0.1, 0.15) is 17.4 Å². The zero-order valence-corrected chi connectivity index (χ0v) is 9.16. The fraction of sp³-hybridized carbons (Fsp3) is 0.417. The fourth-order valence-electron chi connectivity index (χ4n) is 1.91. The second kappa shape index (κ2) is 4.89. The Kier molecular flexibility index (Phi) is 3.49. The van der Waals surface area contributed by atoms with E-state index in [1.54, 1.807) is 0 Å². The maximum Gasteiger partial charge on any atom is 0.144 e. The number of hydrogen-bond acceptors (Lipinski definition) is 3. The van der Waals surface area contributed by atoms with Crippen LogP contribution in [0.25, 0.3) is 0 Å². The second-order valence-corrected chi connectivity index (χ2v) is 4.15. The van der Waals surface area contributed by atoms with Gasteiger partial charge in [0, 0.05) is 18.0 Å². The Labute approximate surface area is 97.6 Å². The highest BCUT2D eigenvalue weighted by molar-refractivity contribution is 5.84. The lowest BCUT2D eigenvalue weighted by molar-refractivity contribution is -0.122. The zero-order valence-electron chi connectivity index (χ0n) is 9.16. The number of hydrogen-bond donors (Lipinski definition) is 1. The number of Topliss-reactive ketones (excluding diaryl/α,β-unsaturated/α-hetero) is 1. The molecular weight excluding hydrogens is 228 g/mol. The molecule has 1 aromatic rings. The molecule has 2 unspecified atom stereocenters. The summed E-state index contributed by atoms with van der Waals surface area (Å²) in [5, 5.41) is 0. The average molecular weight is 241 g/mol. The molecule has 1 heterocycles. The van der Waals surface area contributed by atoms with Crippen LogP contribution in [0.4, 0.5) is 8.78 Å². The normalized spacial score (nSPS) is 23.9. The van der Waals surface area contributed by atoms with Gasteiger partial charge in [0.25, 0.3) is 0 Å². The number of carbonyl (C=O) groups excluding carboxylic acids is 1. The van der Waals surface area contributed by atoms with Crippen molar-refractivity contribution in [1.29, 1.82) is 0 Å². The molecule has 2 rings (SSSR count). The van der Waals surface area contributed by atoms with Crippen molar-refractivity contribution in [2.75, 3.05) is 13.2 Å². The van der Waals surface area contributed by atoms with Crippen molar-refractivity contribution in [2.45, 2.75) is 12.5 Å². The van der Waals surface area contributed by atoms with E-state index >= 15 is 0 Å². The van der Waals surface area contributed by atoms with Crippen LogP contribution in [0.15, 0.2) is 18.2 Å². The van der Waals surface area contributed by atoms with Gasteiger partial charge in [0.15, 0.2) is 0 Å². The van der Waals surface area contributed by atoms with Crippen molar-refractivity contribution in [2.24, 2.45) is 11.7 Å². The summed E-state index contributed by atoms with van der Waals surface area (Å²) in [6, 6.07) is 3.16. The number of ketones is 1. The van der Waals surface area contributed by atoms with Crippen LogP contribution >= 0.6 is 0 Å². The topological polar surface area (TPSA) is 52.3 Å². The first-order valence-electron chi connectivity index (χ1n) is 5.38. The van der Waals surface area contributed by atoms with Crippen molar-refractivity contribution in [3.63, 3.8) is 0 Å². The minimum Gasteiger partial charge on any atom is -0.379 e. The summed E-state index contributed by atoms with van der Waals surface area (Å²) in [4.78, 5) is 11.8. The Morgan fingerprint density at radius 3 is 2.53 bits per heavy atom. The Bertz CT molecular complexity index is 416. The van der Waals surface area contributed by atoms with Crippen molar-refractivity contribution in [1.82, 2.24) is 0 Å². The summed E-state index contributed by atoms with van der Waals surface area (Å²) in [5.41, 5.74) is 5.48. The van der Waals surface area contributed by atoms with E-state index in [0.29, 0.717) is 6.61 Å². The molecule has 2 atom stereocenters. The molecule has 0 amide bonds. The number of ether oxygens (including phenoxy) is 1. The molecular formula is C12H13F2NO2. The first kappa shape index (κ1) is 12.1. The van der Waals surface area contributed by atoms with Gasteiger partial charge < -0.3 is 10.5 Å². The molecule has 1 aromatic carbocycles. The van der Waals surface area contributed by atoms with Gasteiger partial charge in [-0.1, -0.05) is 6.07 Å². The average Bonchev–Trinajstić information content (AvgIpc) is 2.70. The lowest BCUT2D eigenvalue weighted by Gasteiger charge is -2.12. The SMILES string of the molecule is NC1COCC1C(=O)Cc1c(F)cccc1F. The standard InChI is InChI=1S/C12H13F2NO2/c13-9-2-1-3-10(14)7(9)4-12(16)8-5-17-6-11(8)15/h1-3,8,11H,4-6,15H2. The lowest BCUT2D eigenvalue weighted by Crippen LogP contribution is -2.35. The summed E-state index contributed by atoms with van der Waals surface area (Å²) in [7, 11) is 0. The number of rotatable bonds is 3. The maximum absolute atomic E-state index is 13.3. The van der Waals surface area contributed by atoms with Crippen molar-refractivity contribution in [3.05, 3.63) is 35.4 Å². The van der Waals surface area contributed by atoms with Gasteiger partial charge >= 0.3 is 0 Å². The molecule has 1 saturated heterocycles. The molecule has 17 heavy (non-hydrogen) atoms. The van der Waals surface area contributed by atoms with Gasteiger partial charge in [-0.15, -0.1) is 0 Å². The molecule has 1 aliphatic rings. The van der Waals surface area contributed by atoms with E-state index in [1.807, 2.05) is 0 Å². The van der Waals surface area contributed by atoms with Crippen LogP contribution in [0, 0.1) is 17.6 Å². The van der Waals surface area contributed by atoms with E-state index < -0.39 is 17.6 Å². The number of halogens is 2. The minimum absolute atomic E-state index is 0.198. The van der Waals surface area contributed by atoms with Crippen LogP contribution in [0.1, 0.15) is 5.56 Å². The van der Waals surface area contributed by atoms with Gasteiger partial charge in [-0.05, 0) is 12.1 Å². The van der Waals surface area contributed by atoms with Gasteiger partial charge in [-0.3, -0.25) is 4.79 Å². The molecule has 5 heteroatoms. The van der Waals surface area contributed by atoms with Crippen molar-refractivity contribution >= 4 is 5.78 Å². The number of carbonyl (C=O) groups is 1. The lowest BCUT2D eigenvalue weighted by atomic mass is 9.94. The quantitative estimate of drug-likeness (QED) is 0.860. The highest BCUT2D eigenvalue weighted by atomic mass is 19.1. The molecule has 2 N–H and O–H groups in total. The van der Waals surface area contributed by atoms with Crippen LogP contribution in [0.5, 0.6) is 0 Å². The monoisotopic (exact) mass is 241 g/mol. The maximum atomic E-state index is 13.3. The first-order valence-corrected chi connectivity index (χ1v) is 5.38. The van der Waals surface area contributed by atoms with E-state index in [0.717, 1.165) is 12.1 Å². The van der Waals surface area contributed by atoms with E-state index in [4.69, 9.17) is 10.5 Å². The third kappa shape index (κ3) is 2.50. The van der Waals surface area contributed by atoms with Crippen LogP contribution in [-0.2, 0) is 16.0 Å².